The minimum atomic E-state index is 0. The van der Waals surface area contributed by atoms with E-state index in [1.165, 1.54) is 25.7 Å². The quantitative estimate of drug-likeness (QED) is 0.596. The molecule has 0 unspecified atom stereocenters. The summed E-state index contributed by atoms with van der Waals surface area (Å²) in [6, 6.07) is 0.847. The van der Waals surface area contributed by atoms with Crippen LogP contribution >= 0.6 is 0 Å². The van der Waals surface area contributed by atoms with Gasteiger partial charge in [0.05, 0.1) is 0 Å². The standard InChI is InChI=1S/C7H16N2.C7H14O.CH3.La/c1-6(2)8-5-9-7(3)4;1-8-6-7-4-2-3-5-7;;/h6-7H,5H2,1-4H3;7H,2-6H2,1H3;1H3;/q-2;;-1;+3. The predicted octanol–water partition coefficient (Wildman–Crippen LogP) is 4.78. The van der Waals surface area contributed by atoms with Gasteiger partial charge in [0.1, 0.15) is 0 Å². The zero-order valence-corrected chi connectivity index (χ0v) is 17.5. The Morgan fingerprint density at radius 3 is 1.74 bits per heavy atom. The first-order valence-corrected chi connectivity index (χ1v) is 6.88. The van der Waals surface area contributed by atoms with Gasteiger partial charge in [-0.15, -0.1) is 12.1 Å². The third kappa shape index (κ3) is 19.1. The Bertz CT molecular complexity index is 152. The number of methoxy groups -OCH3 is 1. The van der Waals surface area contributed by atoms with Crippen molar-refractivity contribution in [3.05, 3.63) is 18.1 Å². The first-order chi connectivity index (χ1) is 8.06. The average Bonchev–Trinajstić information content (AvgIpc) is 2.71. The van der Waals surface area contributed by atoms with Crippen molar-refractivity contribution in [2.75, 3.05) is 20.4 Å². The molecular weight excluding hydrogens is 363 g/mol. The van der Waals surface area contributed by atoms with Crippen LogP contribution in [-0.4, -0.2) is 32.5 Å². The Labute approximate surface area is 149 Å². The first-order valence-electron chi connectivity index (χ1n) is 6.88. The SMILES string of the molecule is CC(C)[N-]C[N-]C(C)C.COCC1CCCC1.[CH3-].[La+3]. The van der Waals surface area contributed by atoms with E-state index < -0.39 is 0 Å². The molecule has 0 aromatic carbocycles. The van der Waals surface area contributed by atoms with E-state index in [4.69, 9.17) is 4.74 Å². The molecule has 0 aromatic rings. The second kappa shape index (κ2) is 17.1. The smallest absolute Gasteiger partial charge is 0.678 e. The van der Waals surface area contributed by atoms with Crippen molar-refractivity contribution >= 4 is 0 Å². The van der Waals surface area contributed by atoms with E-state index in [-0.39, 0.29) is 43.0 Å². The maximum atomic E-state index is 5.03. The molecule has 1 fully saturated rings. The second-order valence-electron chi connectivity index (χ2n) is 5.30. The maximum absolute atomic E-state index is 5.03. The molecule has 0 bridgehead atoms. The van der Waals surface area contributed by atoms with Gasteiger partial charge in [0, 0.05) is 13.7 Å². The third-order valence-electron chi connectivity index (χ3n) is 2.77. The summed E-state index contributed by atoms with van der Waals surface area (Å²) in [4.78, 5) is 0. The van der Waals surface area contributed by atoms with Crippen LogP contribution in [0.5, 0.6) is 0 Å². The van der Waals surface area contributed by atoms with E-state index >= 15 is 0 Å². The van der Waals surface area contributed by atoms with Crippen LogP contribution in [0.25, 0.3) is 10.6 Å². The summed E-state index contributed by atoms with van der Waals surface area (Å²) in [6.07, 6.45) is 5.64. The zero-order chi connectivity index (χ0) is 13.1. The summed E-state index contributed by atoms with van der Waals surface area (Å²) in [5.74, 6) is 0.889. The molecule has 1 rings (SSSR count). The number of nitrogens with zero attached hydrogens (tertiary/aromatic N) is 2. The maximum Gasteiger partial charge on any atom is 3.00 e. The molecule has 0 aliphatic heterocycles. The van der Waals surface area contributed by atoms with Gasteiger partial charge in [-0.1, -0.05) is 40.5 Å². The van der Waals surface area contributed by atoms with E-state index in [1.807, 2.05) is 0 Å². The Morgan fingerprint density at radius 2 is 1.42 bits per heavy atom. The van der Waals surface area contributed by atoms with Crippen LogP contribution in [-0.2, 0) is 4.74 Å². The summed E-state index contributed by atoms with van der Waals surface area (Å²) in [7, 11) is 1.79. The van der Waals surface area contributed by atoms with E-state index in [1.54, 1.807) is 7.11 Å². The molecule has 0 heterocycles. The summed E-state index contributed by atoms with van der Waals surface area (Å²) in [5, 5.41) is 8.40. The largest absolute Gasteiger partial charge is 3.00 e. The molecular formula is C15H33LaN2O. The third-order valence-corrected chi connectivity index (χ3v) is 2.77. The van der Waals surface area contributed by atoms with Crippen molar-refractivity contribution < 1.29 is 40.3 Å². The number of ether oxygens (including phenoxy) is 1. The molecule has 19 heavy (non-hydrogen) atoms. The van der Waals surface area contributed by atoms with Crippen LogP contribution in [0.15, 0.2) is 0 Å². The van der Waals surface area contributed by atoms with Crippen LogP contribution in [0.3, 0.4) is 0 Å². The Hall–Kier alpha value is 1.07. The first kappa shape index (κ1) is 25.1. The molecule has 0 N–H and O–H groups in total. The molecule has 1 aliphatic carbocycles. The van der Waals surface area contributed by atoms with Gasteiger partial charge >= 0.3 is 35.6 Å². The van der Waals surface area contributed by atoms with Crippen molar-refractivity contribution in [1.29, 1.82) is 0 Å². The van der Waals surface area contributed by atoms with Crippen molar-refractivity contribution in [3.63, 3.8) is 0 Å². The summed E-state index contributed by atoms with van der Waals surface area (Å²) < 4.78 is 5.03. The molecule has 0 amide bonds. The van der Waals surface area contributed by atoms with Gasteiger partial charge in [0.25, 0.3) is 0 Å². The van der Waals surface area contributed by atoms with Gasteiger partial charge in [0.2, 0.25) is 0 Å². The fourth-order valence-electron chi connectivity index (χ4n) is 1.79. The van der Waals surface area contributed by atoms with Crippen LogP contribution in [0.2, 0.25) is 0 Å². The molecule has 1 saturated carbocycles. The molecule has 0 spiro atoms. The minimum absolute atomic E-state index is 0. The number of rotatable bonds is 6. The van der Waals surface area contributed by atoms with Crippen molar-refractivity contribution in [1.82, 2.24) is 0 Å². The van der Waals surface area contributed by atoms with Gasteiger partial charge < -0.3 is 22.8 Å². The monoisotopic (exact) mass is 396 g/mol. The van der Waals surface area contributed by atoms with Crippen LogP contribution in [0.4, 0.5) is 0 Å². The van der Waals surface area contributed by atoms with E-state index in [0.717, 1.165) is 12.5 Å². The van der Waals surface area contributed by atoms with E-state index in [0.29, 0.717) is 18.8 Å². The fraction of sp³-hybridized carbons (Fsp3) is 0.933. The molecule has 3 nitrogen and oxygen atoms in total. The second-order valence-corrected chi connectivity index (χ2v) is 5.30. The normalized spacial score (nSPS) is 14.7. The average molecular weight is 396 g/mol. The summed E-state index contributed by atoms with van der Waals surface area (Å²) in [6.45, 7) is 9.91. The Kier molecular flexibility index (Phi) is 22.6. The van der Waals surface area contributed by atoms with Gasteiger partial charge in [-0.2, -0.15) is 0 Å². The molecule has 4 heteroatoms. The number of hydrogen-bond acceptors (Lipinski definition) is 1. The molecule has 0 aromatic heterocycles. The fourth-order valence-corrected chi connectivity index (χ4v) is 1.79. The zero-order valence-electron chi connectivity index (χ0n) is 13.9. The van der Waals surface area contributed by atoms with E-state index in [2.05, 4.69) is 38.3 Å². The van der Waals surface area contributed by atoms with Crippen LogP contribution < -0.4 is 0 Å². The van der Waals surface area contributed by atoms with Gasteiger partial charge in [-0.3, -0.25) is 6.67 Å². The van der Waals surface area contributed by atoms with Crippen LogP contribution in [0.1, 0.15) is 53.4 Å². The van der Waals surface area contributed by atoms with E-state index in [9.17, 15) is 0 Å². The molecule has 0 atom stereocenters. The summed E-state index contributed by atoms with van der Waals surface area (Å²) >= 11 is 0. The van der Waals surface area contributed by atoms with Crippen molar-refractivity contribution in [2.45, 2.75) is 65.5 Å². The molecule has 0 saturated heterocycles. The predicted molar refractivity (Wildman–Crippen MR) is 82.1 cm³/mol. The van der Waals surface area contributed by atoms with Crippen molar-refractivity contribution in [2.24, 2.45) is 5.92 Å². The summed E-state index contributed by atoms with van der Waals surface area (Å²) in [5.41, 5.74) is 0. The Morgan fingerprint density at radius 1 is 1.00 bits per heavy atom. The topological polar surface area (TPSA) is 37.4 Å². The van der Waals surface area contributed by atoms with Gasteiger partial charge in [-0.05, 0) is 18.8 Å². The minimum Gasteiger partial charge on any atom is -0.678 e. The van der Waals surface area contributed by atoms with Gasteiger partial charge in [-0.25, -0.2) is 0 Å². The molecule has 0 radical (unpaired) electrons. The Balaban J connectivity index is -0.000000244. The molecule has 1 aliphatic rings. The van der Waals surface area contributed by atoms with Crippen LogP contribution in [0, 0.1) is 48.9 Å². The van der Waals surface area contributed by atoms with Crippen molar-refractivity contribution in [3.8, 4) is 0 Å². The number of hydrogen-bond donors (Lipinski definition) is 0. The van der Waals surface area contributed by atoms with Gasteiger partial charge in [0.15, 0.2) is 0 Å². The molecule has 112 valence electrons.